The largest absolute Gasteiger partial charge is 0.490 e. The van der Waals surface area contributed by atoms with E-state index in [4.69, 9.17) is 15.4 Å². The van der Waals surface area contributed by atoms with Gasteiger partial charge in [0.2, 0.25) is 0 Å². The van der Waals surface area contributed by atoms with E-state index in [1.165, 1.54) is 0 Å². The number of ether oxygens (including phenoxy) is 1. The second kappa shape index (κ2) is 4.61. The summed E-state index contributed by atoms with van der Waals surface area (Å²) in [5.74, 6) is 0.581. The molecule has 0 amide bonds. The van der Waals surface area contributed by atoms with Crippen LogP contribution in [0, 0.1) is 16.7 Å². The van der Waals surface area contributed by atoms with Gasteiger partial charge in [-0.1, -0.05) is 0 Å². The summed E-state index contributed by atoms with van der Waals surface area (Å²) in [7, 11) is 0. The molecule has 3 heteroatoms. The summed E-state index contributed by atoms with van der Waals surface area (Å²) >= 11 is 0. The van der Waals surface area contributed by atoms with Crippen LogP contribution < -0.4 is 4.74 Å². The predicted octanol–water partition coefficient (Wildman–Crippen LogP) is 2.73. The molecule has 0 aliphatic heterocycles. The SMILES string of the molecule is CC(=N)c1ccc(OC(C)C)c(C#N)c1. The molecule has 0 aliphatic carbocycles. The Morgan fingerprint density at radius 3 is 2.60 bits per heavy atom. The van der Waals surface area contributed by atoms with Crippen LogP contribution in [0.3, 0.4) is 0 Å². The van der Waals surface area contributed by atoms with Crippen molar-refractivity contribution < 1.29 is 4.74 Å². The Labute approximate surface area is 89.8 Å². The van der Waals surface area contributed by atoms with Crippen molar-refractivity contribution in [2.75, 3.05) is 0 Å². The summed E-state index contributed by atoms with van der Waals surface area (Å²) in [6, 6.07) is 7.29. The van der Waals surface area contributed by atoms with Crippen molar-refractivity contribution in [1.29, 1.82) is 10.7 Å². The fraction of sp³-hybridized carbons (Fsp3) is 0.333. The normalized spacial score (nSPS) is 9.80. The van der Waals surface area contributed by atoms with Crippen LogP contribution in [0.5, 0.6) is 5.75 Å². The van der Waals surface area contributed by atoms with Crippen LogP contribution in [0.15, 0.2) is 18.2 Å². The van der Waals surface area contributed by atoms with Gasteiger partial charge in [0.1, 0.15) is 11.8 Å². The van der Waals surface area contributed by atoms with Crippen molar-refractivity contribution in [2.45, 2.75) is 26.9 Å². The third-order valence-corrected chi connectivity index (χ3v) is 1.90. The Bertz CT molecular complexity index is 416. The van der Waals surface area contributed by atoms with Gasteiger partial charge < -0.3 is 10.1 Å². The molecule has 78 valence electrons. The Morgan fingerprint density at radius 1 is 1.47 bits per heavy atom. The van der Waals surface area contributed by atoms with E-state index in [1.54, 1.807) is 25.1 Å². The average Bonchev–Trinajstić information content (AvgIpc) is 2.17. The second-order valence-corrected chi connectivity index (χ2v) is 3.61. The van der Waals surface area contributed by atoms with Gasteiger partial charge in [0, 0.05) is 5.71 Å². The Kier molecular flexibility index (Phi) is 3.46. The highest BCUT2D eigenvalue weighted by molar-refractivity contribution is 5.96. The van der Waals surface area contributed by atoms with E-state index in [0.717, 1.165) is 5.56 Å². The van der Waals surface area contributed by atoms with Crippen molar-refractivity contribution in [3.63, 3.8) is 0 Å². The summed E-state index contributed by atoms with van der Waals surface area (Å²) in [5.41, 5.74) is 1.68. The maximum atomic E-state index is 8.94. The van der Waals surface area contributed by atoms with Gasteiger partial charge in [-0.05, 0) is 44.5 Å². The van der Waals surface area contributed by atoms with Gasteiger partial charge in [-0.25, -0.2) is 0 Å². The van der Waals surface area contributed by atoms with Crippen molar-refractivity contribution in [3.8, 4) is 11.8 Å². The molecule has 1 N–H and O–H groups in total. The molecule has 0 saturated carbocycles. The predicted molar refractivity (Wildman–Crippen MR) is 59.4 cm³/mol. The smallest absolute Gasteiger partial charge is 0.137 e. The number of nitrogens with zero attached hydrogens (tertiary/aromatic N) is 1. The van der Waals surface area contributed by atoms with Gasteiger partial charge in [0.15, 0.2) is 0 Å². The number of benzene rings is 1. The van der Waals surface area contributed by atoms with Crippen molar-refractivity contribution in [1.82, 2.24) is 0 Å². The molecule has 0 radical (unpaired) electrons. The number of nitrogens with one attached hydrogen (secondary N) is 1. The minimum atomic E-state index is 0.0454. The molecule has 0 aliphatic rings. The van der Waals surface area contributed by atoms with Crippen LogP contribution in [0.1, 0.15) is 31.9 Å². The number of hydrogen-bond donors (Lipinski definition) is 1. The van der Waals surface area contributed by atoms with E-state index in [9.17, 15) is 0 Å². The van der Waals surface area contributed by atoms with Gasteiger partial charge in [-0.2, -0.15) is 5.26 Å². The van der Waals surface area contributed by atoms with Gasteiger partial charge in [-0.3, -0.25) is 0 Å². The highest BCUT2D eigenvalue weighted by Crippen LogP contribution is 2.20. The van der Waals surface area contributed by atoms with Gasteiger partial charge in [0.05, 0.1) is 11.7 Å². The van der Waals surface area contributed by atoms with Gasteiger partial charge in [-0.15, -0.1) is 0 Å². The molecule has 3 nitrogen and oxygen atoms in total. The molecule has 0 bridgehead atoms. The maximum absolute atomic E-state index is 8.94. The molecule has 1 aromatic carbocycles. The standard InChI is InChI=1S/C12H14N2O/c1-8(2)15-12-5-4-10(9(3)14)6-11(12)7-13/h4-6,8,14H,1-3H3. The van der Waals surface area contributed by atoms with Crippen molar-refractivity contribution >= 4 is 5.71 Å². The Hall–Kier alpha value is -1.82. The summed E-state index contributed by atoms with van der Waals surface area (Å²) in [5, 5.41) is 16.4. The monoisotopic (exact) mass is 202 g/mol. The lowest BCUT2D eigenvalue weighted by molar-refractivity contribution is 0.241. The maximum Gasteiger partial charge on any atom is 0.137 e. The fourth-order valence-corrected chi connectivity index (χ4v) is 1.21. The fourth-order valence-electron chi connectivity index (χ4n) is 1.21. The number of nitriles is 1. The molecule has 0 unspecified atom stereocenters. The molecule has 15 heavy (non-hydrogen) atoms. The van der Waals surface area contributed by atoms with Crippen molar-refractivity contribution in [3.05, 3.63) is 29.3 Å². The topological polar surface area (TPSA) is 56.9 Å². The first-order chi connectivity index (χ1) is 7.04. The van der Waals surface area contributed by atoms with Crippen LogP contribution in [0.2, 0.25) is 0 Å². The first kappa shape index (κ1) is 11.3. The van der Waals surface area contributed by atoms with E-state index in [1.807, 2.05) is 13.8 Å². The average molecular weight is 202 g/mol. The third kappa shape index (κ3) is 2.81. The first-order valence-corrected chi connectivity index (χ1v) is 4.81. The van der Waals surface area contributed by atoms with Gasteiger partial charge in [0.25, 0.3) is 0 Å². The highest BCUT2D eigenvalue weighted by atomic mass is 16.5. The van der Waals surface area contributed by atoms with E-state index in [0.29, 0.717) is 17.0 Å². The van der Waals surface area contributed by atoms with Crippen LogP contribution >= 0.6 is 0 Å². The van der Waals surface area contributed by atoms with E-state index in [-0.39, 0.29) is 6.10 Å². The minimum absolute atomic E-state index is 0.0454. The molecule has 0 spiro atoms. The van der Waals surface area contributed by atoms with Crippen LogP contribution in [-0.2, 0) is 0 Å². The Morgan fingerprint density at radius 2 is 2.13 bits per heavy atom. The lowest BCUT2D eigenvalue weighted by Gasteiger charge is -2.11. The van der Waals surface area contributed by atoms with Crippen LogP contribution in [0.4, 0.5) is 0 Å². The van der Waals surface area contributed by atoms with Crippen LogP contribution in [-0.4, -0.2) is 11.8 Å². The number of rotatable bonds is 3. The summed E-state index contributed by atoms with van der Waals surface area (Å²) in [6.07, 6.45) is 0.0454. The van der Waals surface area contributed by atoms with E-state index >= 15 is 0 Å². The quantitative estimate of drug-likeness (QED) is 0.766. The molecular weight excluding hydrogens is 188 g/mol. The summed E-state index contributed by atoms with van der Waals surface area (Å²) < 4.78 is 5.48. The highest BCUT2D eigenvalue weighted by Gasteiger charge is 2.07. The molecule has 1 rings (SSSR count). The van der Waals surface area contributed by atoms with Gasteiger partial charge >= 0.3 is 0 Å². The molecule has 1 aromatic rings. The zero-order valence-corrected chi connectivity index (χ0v) is 9.16. The lowest BCUT2D eigenvalue weighted by Crippen LogP contribution is -2.07. The minimum Gasteiger partial charge on any atom is -0.490 e. The molecule has 0 atom stereocenters. The second-order valence-electron chi connectivity index (χ2n) is 3.61. The lowest BCUT2D eigenvalue weighted by atomic mass is 10.1. The number of hydrogen-bond acceptors (Lipinski definition) is 3. The zero-order chi connectivity index (χ0) is 11.4. The Balaban J connectivity index is 3.11. The van der Waals surface area contributed by atoms with Crippen molar-refractivity contribution in [2.24, 2.45) is 0 Å². The summed E-state index contributed by atoms with van der Waals surface area (Å²) in [4.78, 5) is 0. The van der Waals surface area contributed by atoms with E-state index in [2.05, 4.69) is 6.07 Å². The molecule has 0 aromatic heterocycles. The zero-order valence-electron chi connectivity index (χ0n) is 9.16. The van der Waals surface area contributed by atoms with Crippen LogP contribution in [0.25, 0.3) is 0 Å². The molecule has 0 fully saturated rings. The van der Waals surface area contributed by atoms with E-state index < -0.39 is 0 Å². The third-order valence-electron chi connectivity index (χ3n) is 1.90. The summed E-state index contributed by atoms with van der Waals surface area (Å²) in [6.45, 7) is 5.52. The molecular formula is C12H14N2O. The first-order valence-electron chi connectivity index (χ1n) is 4.81. The molecule has 0 saturated heterocycles. The molecule has 0 heterocycles.